The summed E-state index contributed by atoms with van der Waals surface area (Å²) in [4.78, 5) is 14.5. The number of nitrogens with zero attached hydrogens (tertiary/aromatic N) is 4. The molecule has 1 aromatic carbocycles. The Balaban J connectivity index is 2.18. The molecule has 0 aliphatic carbocycles. The Morgan fingerprint density at radius 1 is 0.950 bits per heavy atom. The highest BCUT2D eigenvalue weighted by atomic mass is 18.2. The maximum absolute atomic E-state index is 13.3. The van der Waals surface area contributed by atoms with Gasteiger partial charge in [0, 0.05) is 12.4 Å². The van der Waals surface area contributed by atoms with E-state index in [2.05, 4.69) is 15.0 Å². The average molecular weight is 267 g/mol. The Morgan fingerprint density at radius 3 is 2.55 bits per heavy atom. The van der Waals surface area contributed by atoms with Crippen LogP contribution in [-0.2, 0) is 0 Å². The summed E-state index contributed by atoms with van der Waals surface area (Å²) in [5, 5.41) is 0.909. The third-order valence-electron chi connectivity index (χ3n) is 3.06. The van der Waals surface area contributed by atoms with Gasteiger partial charge in [0.2, 0.25) is 5.95 Å². The molecule has 3 rings (SSSR count). The van der Waals surface area contributed by atoms with E-state index in [9.17, 15) is 4.39 Å². The molecule has 0 saturated carbocycles. The van der Waals surface area contributed by atoms with Crippen LogP contribution in [0.1, 0.15) is 5.82 Å². The molecular formula is C15H13FN4. The predicted molar refractivity (Wildman–Crippen MR) is 76.5 cm³/mol. The molecule has 0 saturated heterocycles. The second-order valence-electron chi connectivity index (χ2n) is 4.49. The van der Waals surface area contributed by atoms with Gasteiger partial charge in [0.05, 0.1) is 5.52 Å². The Hall–Kier alpha value is -2.56. The van der Waals surface area contributed by atoms with Gasteiger partial charge in [0.1, 0.15) is 17.5 Å². The number of aromatic nitrogens is 3. The average Bonchev–Trinajstić information content (AvgIpc) is 2.45. The van der Waals surface area contributed by atoms with Gasteiger partial charge in [-0.2, -0.15) is 4.39 Å². The molecule has 2 heterocycles. The molecule has 0 aliphatic rings. The van der Waals surface area contributed by atoms with Crippen LogP contribution >= 0.6 is 0 Å². The van der Waals surface area contributed by atoms with E-state index < -0.39 is 5.95 Å². The van der Waals surface area contributed by atoms with Crippen molar-refractivity contribution in [1.29, 1.82) is 0 Å². The summed E-state index contributed by atoms with van der Waals surface area (Å²) in [6.07, 6.45) is 0. The van der Waals surface area contributed by atoms with Gasteiger partial charge in [-0.1, -0.05) is 18.2 Å². The fraction of sp³-hybridized carbons (Fsp3) is 0.133. The van der Waals surface area contributed by atoms with Crippen molar-refractivity contribution in [1.82, 2.24) is 15.0 Å². The SMILES string of the molecule is Cc1nc(N(C)c2cccc([18F])n2)c2ccccc2n1. The molecule has 0 fully saturated rings. The summed E-state index contributed by atoms with van der Waals surface area (Å²) in [5.74, 6) is 1.38. The number of benzene rings is 1. The van der Waals surface area contributed by atoms with Crippen molar-refractivity contribution < 1.29 is 4.39 Å². The van der Waals surface area contributed by atoms with E-state index in [0.717, 1.165) is 10.9 Å². The predicted octanol–water partition coefficient (Wildman–Crippen LogP) is 3.24. The third-order valence-corrected chi connectivity index (χ3v) is 3.06. The second kappa shape index (κ2) is 4.85. The number of rotatable bonds is 2. The van der Waals surface area contributed by atoms with Crippen LogP contribution in [-0.4, -0.2) is 22.0 Å². The fourth-order valence-corrected chi connectivity index (χ4v) is 2.12. The summed E-state index contributed by atoms with van der Waals surface area (Å²) in [6, 6.07) is 12.4. The van der Waals surface area contributed by atoms with Crippen LogP contribution in [0.2, 0.25) is 0 Å². The van der Waals surface area contributed by atoms with Crippen molar-refractivity contribution in [3.63, 3.8) is 0 Å². The zero-order valence-corrected chi connectivity index (χ0v) is 11.2. The molecule has 0 amide bonds. The van der Waals surface area contributed by atoms with Crippen LogP contribution < -0.4 is 4.90 Å². The third kappa shape index (κ3) is 2.18. The first-order valence-corrected chi connectivity index (χ1v) is 6.25. The molecule has 0 spiro atoms. The number of fused-ring (bicyclic) bond motifs is 1. The molecule has 0 N–H and O–H groups in total. The Morgan fingerprint density at radius 2 is 1.75 bits per heavy atom. The van der Waals surface area contributed by atoms with Crippen molar-refractivity contribution >= 4 is 22.5 Å². The van der Waals surface area contributed by atoms with Crippen LogP contribution in [0.3, 0.4) is 0 Å². The molecule has 0 unspecified atom stereocenters. The Kier molecular flexibility index (Phi) is 3.02. The monoisotopic (exact) mass is 267 g/mol. The van der Waals surface area contributed by atoms with E-state index >= 15 is 0 Å². The standard InChI is InChI=1S/C15H13FN4/c1-10-17-12-7-4-3-6-11(12)15(18-10)20(2)14-9-5-8-13(16)19-14/h3-9H,1-2H3/i16-1. The Bertz CT molecular complexity index is 773. The minimum atomic E-state index is -0.510. The van der Waals surface area contributed by atoms with Gasteiger partial charge in [-0.25, -0.2) is 15.0 Å². The van der Waals surface area contributed by atoms with Crippen molar-refractivity contribution in [2.75, 3.05) is 11.9 Å². The fourth-order valence-electron chi connectivity index (χ4n) is 2.12. The molecular weight excluding hydrogens is 254 g/mol. The molecule has 100 valence electrons. The molecule has 4 nitrogen and oxygen atoms in total. The normalized spacial score (nSPS) is 10.8. The minimum absolute atomic E-state index is 0.508. The minimum Gasteiger partial charge on any atom is -0.313 e. The topological polar surface area (TPSA) is 41.9 Å². The van der Waals surface area contributed by atoms with Gasteiger partial charge < -0.3 is 4.90 Å². The molecule has 3 aromatic rings. The molecule has 0 atom stereocenters. The molecule has 0 bridgehead atoms. The molecule has 20 heavy (non-hydrogen) atoms. The van der Waals surface area contributed by atoms with Crippen LogP contribution in [0.5, 0.6) is 0 Å². The van der Waals surface area contributed by atoms with Crippen molar-refractivity contribution in [2.24, 2.45) is 0 Å². The van der Waals surface area contributed by atoms with Crippen LogP contribution in [0.15, 0.2) is 42.5 Å². The van der Waals surface area contributed by atoms with E-state index in [4.69, 9.17) is 0 Å². The van der Waals surface area contributed by atoms with E-state index in [-0.39, 0.29) is 0 Å². The first-order valence-electron chi connectivity index (χ1n) is 6.25. The lowest BCUT2D eigenvalue weighted by molar-refractivity contribution is 0.584. The van der Waals surface area contributed by atoms with E-state index in [1.54, 1.807) is 17.0 Å². The summed E-state index contributed by atoms with van der Waals surface area (Å²) in [7, 11) is 1.82. The van der Waals surface area contributed by atoms with Gasteiger partial charge in [0.15, 0.2) is 0 Å². The maximum Gasteiger partial charge on any atom is 0.214 e. The lowest BCUT2D eigenvalue weighted by atomic mass is 10.2. The van der Waals surface area contributed by atoms with Crippen LogP contribution in [0.4, 0.5) is 16.0 Å². The zero-order valence-electron chi connectivity index (χ0n) is 11.2. The van der Waals surface area contributed by atoms with Gasteiger partial charge in [-0.15, -0.1) is 0 Å². The summed E-state index contributed by atoms with van der Waals surface area (Å²) >= 11 is 0. The number of halogens is 1. The molecule has 5 heteroatoms. The van der Waals surface area contributed by atoms with Crippen molar-refractivity contribution in [3.05, 3.63) is 54.2 Å². The van der Waals surface area contributed by atoms with E-state index in [0.29, 0.717) is 17.5 Å². The molecule has 0 radical (unpaired) electrons. The highest BCUT2D eigenvalue weighted by Crippen LogP contribution is 2.27. The number of aryl methyl sites for hydroxylation is 1. The summed E-state index contributed by atoms with van der Waals surface area (Å²) < 4.78 is 13.3. The van der Waals surface area contributed by atoms with E-state index in [1.807, 2.05) is 38.2 Å². The lowest BCUT2D eigenvalue weighted by Gasteiger charge is -2.19. The van der Waals surface area contributed by atoms with Crippen molar-refractivity contribution in [2.45, 2.75) is 6.92 Å². The summed E-state index contributed by atoms with van der Waals surface area (Å²) in [5.41, 5.74) is 0.859. The quantitative estimate of drug-likeness (QED) is 0.668. The number of hydrogen-bond acceptors (Lipinski definition) is 4. The van der Waals surface area contributed by atoms with Crippen LogP contribution in [0.25, 0.3) is 10.9 Å². The first kappa shape index (κ1) is 12.5. The van der Waals surface area contributed by atoms with Crippen molar-refractivity contribution in [3.8, 4) is 0 Å². The second-order valence-corrected chi connectivity index (χ2v) is 4.49. The lowest BCUT2D eigenvalue weighted by Crippen LogP contribution is -2.14. The summed E-state index contributed by atoms with van der Waals surface area (Å²) in [6.45, 7) is 1.84. The highest BCUT2D eigenvalue weighted by Gasteiger charge is 2.12. The number of anilines is 2. The van der Waals surface area contributed by atoms with Gasteiger partial charge >= 0.3 is 0 Å². The zero-order chi connectivity index (χ0) is 14.1. The van der Waals surface area contributed by atoms with Gasteiger partial charge in [-0.05, 0) is 31.2 Å². The largest absolute Gasteiger partial charge is 0.313 e. The Labute approximate surface area is 115 Å². The number of para-hydroxylation sites is 1. The molecule has 0 aliphatic heterocycles. The van der Waals surface area contributed by atoms with E-state index in [1.165, 1.54) is 6.07 Å². The number of hydrogen-bond donors (Lipinski definition) is 0. The smallest absolute Gasteiger partial charge is 0.214 e. The van der Waals surface area contributed by atoms with Gasteiger partial charge in [0.25, 0.3) is 0 Å². The molecule has 2 aromatic heterocycles. The maximum atomic E-state index is 13.3. The number of pyridine rings is 1. The first-order chi connectivity index (χ1) is 9.65. The van der Waals surface area contributed by atoms with Gasteiger partial charge in [-0.3, -0.25) is 0 Å². The van der Waals surface area contributed by atoms with Crippen LogP contribution in [0, 0.1) is 12.9 Å². The highest BCUT2D eigenvalue weighted by molar-refractivity contribution is 5.91.